The van der Waals surface area contributed by atoms with Gasteiger partial charge < -0.3 is 4.74 Å². The molecule has 1 fully saturated rings. The number of nitrogens with zero attached hydrogens (tertiary/aromatic N) is 3. The fraction of sp³-hybridized carbons (Fsp3) is 0.0526. The van der Waals surface area contributed by atoms with Gasteiger partial charge in [0.15, 0.2) is 5.17 Å². The highest BCUT2D eigenvalue weighted by molar-refractivity contribution is 8.19. The Labute approximate surface area is 183 Å². The van der Waals surface area contributed by atoms with Gasteiger partial charge in [-0.1, -0.05) is 11.6 Å². The Hall–Kier alpha value is -3.57. The number of anilines is 1. The first kappa shape index (κ1) is 22.1. The van der Waals surface area contributed by atoms with Gasteiger partial charge in [0, 0.05) is 23.8 Å². The maximum absolute atomic E-state index is 13.5. The number of carbonyl (C=O) groups is 3. The molecule has 0 aliphatic carbocycles. The lowest BCUT2D eigenvalue weighted by Gasteiger charge is -2.15. The van der Waals surface area contributed by atoms with E-state index >= 15 is 0 Å². The third-order valence-electron chi connectivity index (χ3n) is 3.94. The van der Waals surface area contributed by atoms with Crippen LogP contribution in [0.25, 0.3) is 0 Å². The number of ether oxygens (including phenoxy) is 1. The Balaban J connectivity index is 2.02. The lowest BCUT2D eigenvalue weighted by Crippen LogP contribution is -2.29. The van der Waals surface area contributed by atoms with Gasteiger partial charge in [-0.2, -0.15) is 4.99 Å². The average Bonchev–Trinajstić information content (AvgIpc) is 3.04. The minimum absolute atomic E-state index is 0.0358. The third-order valence-corrected chi connectivity index (χ3v) is 5.20. The van der Waals surface area contributed by atoms with Crippen LogP contribution in [0.4, 0.5) is 15.8 Å². The summed E-state index contributed by atoms with van der Waals surface area (Å²) in [6.07, 6.45) is 0.935. The molecule has 1 heterocycles. The molecular formula is C19H11ClFN3O6S. The molecule has 0 N–H and O–H groups in total. The summed E-state index contributed by atoms with van der Waals surface area (Å²) in [5, 5.41) is 10.4. The number of carbonyl (C=O) groups excluding carboxylic acids is 3. The van der Waals surface area contributed by atoms with E-state index in [1.807, 2.05) is 0 Å². The highest BCUT2D eigenvalue weighted by Crippen LogP contribution is 2.36. The summed E-state index contributed by atoms with van der Waals surface area (Å²) < 4.78 is 18.1. The van der Waals surface area contributed by atoms with Crippen molar-refractivity contribution in [2.75, 3.05) is 12.0 Å². The number of amidine groups is 1. The zero-order chi connectivity index (χ0) is 22.7. The quantitative estimate of drug-likeness (QED) is 0.293. The smallest absolute Gasteiger partial charge is 0.331 e. The zero-order valence-electron chi connectivity index (χ0n) is 15.6. The number of methoxy groups -OCH3 is 1. The van der Waals surface area contributed by atoms with Crippen LogP contribution in [0.1, 0.15) is 10.4 Å². The van der Waals surface area contributed by atoms with Crippen LogP contribution in [0.15, 0.2) is 58.4 Å². The van der Waals surface area contributed by atoms with E-state index in [1.165, 1.54) is 24.3 Å². The SMILES string of the molecule is COC(=O)/C=C1/SC(=NC(=O)c2ccc([N+](=O)[O-])cc2)N(c2ccc(F)c(Cl)c2)C1=O. The average molecular weight is 464 g/mol. The molecule has 1 saturated heterocycles. The van der Waals surface area contributed by atoms with Gasteiger partial charge in [0.05, 0.1) is 27.6 Å². The minimum atomic E-state index is -0.795. The van der Waals surface area contributed by atoms with Gasteiger partial charge in [0.1, 0.15) is 5.82 Å². The van der Waals surface area contributed by atoms with Crippen LogP contribution in [0, 0.1) is 15.9 Å². The minimum Gasteiger partial charge on any atom is -0.466 e. The van der Waals surface area contributed by atoms with Crippen LogP contribution in [0.5, 0.6) is 0 Å². The van der Waals surface area contributed by atoms with Crippen molar-refractivity contribution in [1.82, 2.24) is 0 Å². The topological polar surface area (TPSA) is 119 Å². The van der Waals surface area contributed by atoms with Crippen molar-refractivity contribution in [2.24, 2.45) is 4.99 Å². The molecule has 0 unspecified atom stereocenters. The first-order chi connectivity index (χ1) is 14.7. The highest BCUT2D eigenvalue weighted by atomic mass is 35.5. The van der Waals surface area contributed by atoms with E-state index in [9.17, 15) is 28.9 Å². The van der Waals surface area contributed by atoms with Gasteiger partial charge in [0.2, 0.25) is 0 Å². The van der Waals surface area contributed by atoms with E-state index < -0.39 is 28.5 Å². The van der Waals surface area contributed by atoms with Crippen LogP contribution in [-0.2, 0) is 14.3 Å². The number of nitro groups is 1. The number of esters is 1. The largest absolute Gasteiger partial charge is 0.466 e. The number of halogens is 2. The molecule has 0 bridgehead atoms. The standard InChI is InChI=1S/C19H11ClFN3O6S/c1-30-16(25)9-15-18(27)23(12-6-7-14(21)13(20)8-12)19(31-15)22-17(26)10-2-4-11(5-3-10)24(28)29/h2-9H,1H3/b15-9+,22-19?. The summed E-state index contributed by atoms with van der Waals surface area (Å²) in [6.45, 7) is 0. The van der Waals surface area contributed by atoms with Gasteiger partial charge >= 0.3 is 5.97 Å². The Morgan fingerprint density at radius 1 is 1.26 bits per heavy atom. The molecule has 3 rings (SSSR count). The number of hydrogen-bond acceptors (Lipinski definition) is 7. The Kier molecular flexibility index (Phi) is 6.47. The molecule has 2 aromatic rings. The second-order valence-electron chi connectivity index (χ2n) is 5.88. The molecule has 1 aliphatic heterocycles. The summed E-state index contributed by atoms with van der Waals surface area (Å²) in [7, 11) is 1.13. The number of non-ortho nitro benzene ring substituents is 1. The molecule has 0 saturated carbocycles. The Bertz CT molecular complexity index is 1170. The van der Waals surface area contributed by atoms with Crippen LogP contribution < -0.4 is 4.90 Å². The molecule has 0 atom stereocenters. The third kappa shape index (κ3) is 4.78. The highest BCUT2D eigenvalue weighted by Gasteiger charge is 2.36. The monoisotopic (exact) mass is 463 g/mol. The van der Waals surface area contributed by atoms with Crippen molar-refractivity contribution in [1.29, 1.82) is 0 Å². The summed E-state index contributed by atoms with van der Waals surface area (Å²) in [5.74, 6) is -3.00. The number of thioether (sulfide) groups is 1. The van der Waals surface area contributed by atoms with Crippen molar-refractivity contribution in [2.45, 2.75) is 0 Å². The molecule has 0 spiro atoms. The van der Waals surface area contributed by atoms with Crippen LogP contribution in [-0.4, -0.2) is 35.0 Å². The predicted octanol–water partition coefficient (Wildman–Crippen LogP) is 3.72. The Morgan fingerprint density at radius 3 is 2.52 bits per heavy atom. The van der Waals surface area contributed by atoms with Crippen molar-refractivity contribution in [3.63, 3.8) is 0 Å². The van der Waals surface area contributed by atoms with Gasteiger partial charge in [-0.05, 0) is 42.1 Å². The van der Waals surface area contributed by atoms with E-state index in [2.05, 4.69) is 9.73 Å². The van der Waals surface area contributed by atoms with Crippen molar-refractivity contribution >= 4 is 57.7 Å². The molecule has 1 aliphatic rings. The number of nitro benzene ring substituents is 1. The van der Waals surface area contributed by atoms with E-state index in [4.69, 9.17) is 11.6 Å². The van der Waals surface area contributed by atoms with Crippen LogP contribution >= 0.6 is 23.4 Å². The van der Waals surface area contributed by atoms with E-state index in [0.717, 1.165) is 48.0 Å². The van der Waals surface area contributed by atoms with Crippen LogP contribution in [0.3, 0.4) is 0 Å². The lowest BCUT2D eigenvalue weighted by atomic mass is 10.2. The lowest BCUT2D eigenvalue weighted by molar-refractivity contribution is -0.384. The maximum Gasteiger partial charge on any atom is 0.331 e. The van der Waals surface area contributed by atoms with Crippen molar-refractivity contribution in [3.8, 4) is 0 Å². The molecule has 2 aromatic carbocycles. The maximum atomic E-state index is 13.5. The molecule has 158 valence electrons. The molecule has 0 radical (unpaired) electrons. The fourth-order valence-corrected chi connectivity index (χ4v) is 3.56. The fourth-order valence-electron chi connectivity index (χ4n) is 2.44. The molecular weight excluding hydrogens is 453 g/mol. The van der Waals surface area contributed by atoms with Crippen LogP contribution in [0.2, 0.25) is 5.02 Å². The molecule has 2 amide bonds. The number of benzene rings is 2. The van der Waals surface area contributed by atoms with Gasteiger partial charge in [-0.3, -0.25) is 24.6 Å². The van der Waals surface area contributed by atoms with Crippen molar-refractivity contribution in [3.05, 3.63) is 80.0 Å². The molecule has 12 heteroatoms. The van der Waals surface area contributed by atoms with E-state index in [-0.39, 0.29) is 32.0 Å². The van der Waals surface area contributed by atoms with Gasteiger partial charge in [-0.15, -0.1) is 0 Å². The van der Waals surface area contributed by atoms with Gasteiger partial charge in [-0.25, -0.2) is 9.18 Å². The summed E-state index contributed by atoms with van der Waals surface area (Å²) in [5.41, 5.74) is -0.0541. The summed E-state index contributed by atoms with van der Waals surface area (Å²) >= 11 is 6.53. The molecule has 9 nitrogen and oxygen atoms in total. The number of aliphatic imine (C=N–C) groups is 1. The van der Waals surface area contributed by atoms with Gasteiger partial charge in [0.25, 0.3) is 17.5 Å². The second-order valence-corrected chi connectivity index (χ2v) is 7.29. The van der Waals surface area contributed by atoms with Crippen molar-refractivity contribution < 1.29 is 28.4 Å². The molecule has 31 heavy (non-hydrogen) atoms. The number of hydrogen-bond donors (Lipinski definition) is 0. The first-order valence-corrected chi connectivity index (χ1v) is 9.55. The van der Waals surface area contributed by atoms with E-state index in [1.54, 1.807) is 0 Å². The summed E-state index contributed by atoms with van der Waals surface area (Å²) in [6, 6.07) is 8.18. The number of amides is 2. The zero-order valence-corrected chi connectivity index (χ0v) is 17.1. The second kappa shape index (κ2) is 9.06. The molecule has 0 aromatic heterocycles. The normalized spacial score (nSPS) is 16.1. The Morgan fingerprint density at radius 2 is 1.94 bits per heavy atom. The summed E-state index contributed by atoms with van der Waals surface area (Å²) in [4.78, 5) is 51.9. The first-order valence-electron chi connectivity index (χ1n) is 8.35. The predicted molar refractivity (Wildman–Crippen MR) is 111 cm³/mol. The van der Waals surface area contributed by atoms with E-state index in [0.29, 0.717) is 0 Å². The number of rotatable bonds is 4.